The van der Waals surface area contributed by atoms with Crippen LogP contribution < -0.4 is 19.8 Å². The van der Waals surface area contributed by atoms with E-state index in [4.69, 9.17) is 14.2 Å². The summed E-state index contributed by atoms with van der Waals surface area (Å²) >= 11 is 0. The number of nitrogens with zero attached hydrogens (tertiary/aromatic N) is 3. The highest BCUT2D eigenvalue weighted by molar-refractivity contribution is 5.96. The third-order valence-electron chi connectivity index (χ3n) is 5.51. The molecule has 32 heavy (non-hydrogen) atoms. The summed E-state index contributed by atoms with van der Waals surface area (Å²) in [5.74, 6) is 1.61. The maximum absolute atomic E-state index is 13.2. The molecule has 3 aromatic rings. The molecular formula is C23H24N4O5. The number of hydrogen-bond acceptors (Lipinski definition) is 7. The van der Waals surface area contributed by atoms with Crippen LogP contribution in [0.4, 0.5) is 0 Å². The number of ether oxygens (including phenoxy) is 3. The quantitative estimate of drug-likeness (QED) is 0.633. The number of carbonyl (C=O) groups is 1. The molecule has 1 aliphatic heterocycles. The molecule has 1 amide bonds. The van der Waals surface area contributed by atoms with Gasteiger partial charge >= 0.3 is 0 Å². The highest BCUT2D eigenvalue weighted by atomic mass is 16.5. The lowest BCUT2D eigenvalue weighted by molar-refractivity contribution is 0.0789. The minimum atomic E-state index is -0.226. The van der Waals surface area contributed by atoms with Gasteiger partial charge in [0.25, 0.3) is 11.5 Å². The molecule has 0 saturated carbocycles. The van der Waals surface area contributed by atoms with Gasteiger partial charge < -0.3 is 24.1 Å². The van der Waals surface area contributed by atoms with Gasteiger partial charge in [0.1, 0.15) is 5.82 Å². The number of benzene rings is 1. The van der Waals surface area contributed by atoms with Crippen molar-refractivity contribution in [3.8, 4) is 28.5 Å². The van der Waals surface area contributed by atoms with Crippen LogP contribution in [0.2, 0.25) is 0 Å². The molecule has 1 aromatic carbocycles. The predicted octanol–water partition coefficient (Wildman–Crippen LogP) is 2.49. The molecular weight excluding hydrogens is 412 g/mol. The molecule has 0 spiro atoms. The first kappa shape index (κ1) is 21.4. The molecule has 166 valence electrons. The van der Waals surface area contributed by atoms with Gasteiger partial charge in [-0.2, -0.15) is 0 Å². The topological polar surface area (TPSA) is 107 Å². The van der Waals surface area contributed by atoms with Gasteiger partial charge in [-0.1, -0.05) is 0 Å². The normalized spacial score (nSPS) is 15.5. The van der Waals surface area contributed by atoms with Crippen LogP contribution in [0.25, 0.3) is 11.3 Å². The number of carbonyl (C=O) groups excluding carboxylic acids is 1. The van der Waals surface area contributed by atoms with E-state index in [2.05, 4.69) is 15.0 Å². The summed E-state index contributed by atoms with van der Waals surface area (Å²) in [5, 5.41) is 0. The van der Waals surface area contributed by atoms with Crippen molar-refractivity contribution < 1.29 is 19.0 Å². The van der Waals surface area contributed by atoms with E-state index in [1.54, 1.807) is 41.6 Å². The first-order valence-electron chi connectivity index (χ1n) is 10.1. The number of amides is 1. The molecule has 0 unspecified atom stereocenters. The van der Waals surface area contributed by atoms with Gasteiger partial charge in [0.15, 0.2) is 11.5 Å². The number of likely N-dealkylation sites (tertiary alicyclic amines) is 1. The Kier molecular flexibility index (Phi) is 6.07. The second-order valence-electron chi connectivity index (χ2n) is 7.40. The van der Waals surface area contributed by atoms with Crippen molar-refractivity contribution in [1.82, 2.24) is 19.9 Å². The van der Waals surface area contributed by atoms with Crippen molar-refractivity contribution in [2.24, 2.45) is 0 Å². The first-order valence-corrected chi connectivity index (χ1v) is 10.1. The monoisotopic (exact) mass is 436 g/mol. The van der Waals surface area contributed by atoms with Gasteiger partial charge in [0.05, 0.1) is 27.0 Å². The summed E-state index contributed by atoms with van der Waals surface area (Å²) in [5.41, 5.74) is 1.61. The maximum atomic E-state index is 13.2. The van der Waals surface area contributed by atoms with E-state index in [-0.39, 0.29) is 17.4 Å². The smallest absolute Gasteiger partial charge is 0.254 e. The number of hydrogen-bond donors (Lipinski definition) is 1. The summed E-state index contributed by atoms with van der Waals surface area (Å²) in [6, 6.07) is 8.36. The van der Waals surface area contributed by atoms with E-state index in [1.807, 2.05) is 0 Å². The average Bonchev–Trinajstić information content (AvgIpc) is 3.33. The molecule has 1 aliphatic rings. The van der Waals surface area contributed by atoms with Crippen LogP contribution in [0, 0.1) is 0 Å². The molecule has 4 rings (SSSR count). The molecule has 1 fully saturated rings. The average molecular weight is 436 g/mol. The fraction of sp³-hybridized carbons (Fsp3) is 0.304. The largest absolute Gasteiger partial charge is 0.493 e. The van der Waals surface area contributed by atoms with Crippen LogP contribution in [0.5, 0.6) is 17.2 Å². The lowest BCUT2D eigenvalue weighted by atomic mass is 10.1. The second kappa shape index (κ2) is 9.09. The van der Waals surface area contributed by atoms with Crippen molar-refractivity contribution in [3.63, 3.8) is 0 Å². The van der Waals surface area contributed by atoms with Crippen molar-refractivity contribution in [2.45, 2.75) is 12.3 Å². The van der Waals surface area contributed by atoms with E-state index in [0.717, 1.165) is 5.56 Å². The van der Waals surface area contributed by atoms with Crippen LogP contribution in [0.1, 0.15) is 28.5 Å². The molecule has 3 heterocycles. The standard InChI is InChI=1S/C23H24N4O5/c1-30-18-10-16(11-19(31-2)21(18)32-3)23(29)27-9-6-15(13-27)22-25-17(12-20(28)26-22)14-4-7-24-8-5-14/h4-5,7-8,10-12,15H,6,9,13H2,1-3H3,(H,25,26,28)/t15-/m1/s1. The lowest BCUT2D eigenvalue weighted by Crippen LogP contribution is -2.29. The third-order valence-corrected chi connectivity index (χ3v) is 5.51. The zero-order valence-corrected chi connectivity index (χ0v) is 18.1. The van der Waals surface area contributed by atoms with Crippen molar-refractivity contribution in [3.05, 3.63) is 64.5 Å². The number of aromatic nitrogens is 3. The Hall–Kier alpha value is -3.88. The Balaban J connectivity index is 1.57. The van der Waals surface area contributed by atoms with E-state index in [9.17, 15) is 9.59 Å². The van der Waals surface area contributed by atoms with Gasteiger partial charge in [-0.05, 0) is 30.7 Å². The molecule has 1 saturated heterocycles. The fourth-order valence-corrected chi connectivity index (χ4v) is 3.90. The van der Waals surface area contributed by atoms with Crippen molar-refractivity contribution in [2.75, 3.05) is 34.4 Å². The number of methoxy groups -OCH3 is 3. The molecule has 0 bridgehead atoms. The number of aromatic amines is 1. The molecule has 1 atom stereocenters. The van der Waals surface area contributed by atoms with Gasteiger partial charge in [-0.15, -0.1) is 0 Å². The lowest BCUT2D eigenvalue weighted by Gasteiger charge is -2.19. The highest BCUT2D eigenvalue weighted by Gasteiger charge is 2.31. The predicted molar refractivity (Wildman–Crippen MR) is 117 cm³/mol. The van der Waals surface area contributed by atoms with Gasteiger partial charge in [0, 0.05) is 48.6 Å². The summed E-state index contributed by atoms with van der Waals surface area (Å²) in [6.45, 7) is 0.988. The minimum Gasteiger partial charge on any atom is -0.493 e. The zero-order chi connectivity index (χ0) is 22.7. The first-order chi connectivity index (χ1) is 15.5. The van der Waals surface area contributed by atoms with Crippen LogP contribution in [-0.4, -0.2) is 60.2 Å². The Morgan fingerprint density at radius 2 is 1.75 bits per heavy atom. The van der Waals surface area contributed by atoms with Gasteiger partial charge in [-0.25, -0.2) is 4.98 Å². The van der Waals surface area contributed by atoms with Crippen LogP contribution in [-0.2, 0) is 0 Å². The highest BCUT2D eigenvalue weighted by Crippen LogP contribution is 2.39. The van der Waals surface area contributed by atoms with E-state index in [1.165, 1.54) is 27.4 Å². The van der Waals surface area contributed by atoms with E-state index < -0.39 is 0 Å². The summed E-state index contributed by atoms with van der Waals surface area (Å²) in [7, 11) is 4.53. The van der Waals surface area contributed by atoms with E-state index >= 15 is 0 Å². The van der Waals surface area contributed by atoms with Gasteiger partial charge in [0.2, 0.25) is 5.75 Å². The van der Waals surface area contributed by atoms with Crippen LogP contribution in [0.3, 0.4) is 0 Å². The number of rotatable bonds is 6. The third kappa shape index (κ3) is 4.14. The molecule has 1 N–H and O–H groups in total. The molecule has 0 aliphatic carbocycles. The Bertz CT molecular complexity index is 1150. The summed E-state index contributed by atoms with van der Waals surface area (Å²) < 4.78 is 16.1. The Morgan fingerprint density at radius 3 is 2.38 bits per heavy atom. The number of H-pyrrole nitrogens is 1. The maximum Gasteiger partial charge on any atom is 0.254 e. The summed E-state index contributed by atoms with van der Waals surface area (Å²) in [6.07, 6.45) is 4.01. The van der Waals surface area contributed by atoms with Crippen LogP contribution >= 0.6 is 0 Å². The number of pyridine rings is 1. The second-order valence-corrected chi connectivity index (χ2v) is 7.40. The zero-order valence-electron chi connectivity index (χ0n) is 18.1. The molecule has 2 aromatic heterocycles. The van der Waals surface area contributed by atoms with Crippen molar-refractivity contribution >= 4 is 5.91 Å². The van der Waals surface area contributed by atoms with E-state index in [0.29, 0.717) is 53.8 Å². The SMILES string of the molecule is COc1cc(C(=O)N2CC[C@@H](c3nc(-c4ccncc4)cc(=O)[nH]3)C2)cc(OC)c1OC. The Labute approximate surface area is 185 Å². The fourth-order valence-electron chi connectivity index (χ4n) is 3.90. The molecule has 9 nitrogen and oxygen atoms in total. The Morgan fingerprint density at radius 1 is 1.06 bits per heavy atom. The summed E-state index contributed by atoms with van der Waals surface area (Å²) in [4.78, 5) is 38.7. The van der Waals surface area contributed by atoms with Gasteiger partial charge in [-0.3, -0.25) is 14.6 Å². The molecule has 9 heteroatoms. The number of nitrogens with one attached hydrogen (secondary N) is 1. The minimum absolute atomic E-state index is 0.0736. The van der Waals surface area contributed by atoms with Crippen molar-refractivity contribution in [1.29, 1.82) is 0 Å². The molecule has 0 radical (unpaired) electrons. The van der Waals surface area contributed by atoms with Crippen LogP contribution in [0.15, 0.2) is 47.5 Å².